The number of amides is 3. The molecule has 1 aliphatic rings. The fraction of sp³-hybridized carbons (Fsp3) is 0.393. The molecular formula is C28H34N6O3. The van der Waals surface area contributed by atoms with E-state index in [1.807, 2.05) is 56.3 Å². The van der Waals surface area contributed by atoms with Gasteiger partial charge in [-0.3, -0.25) is 24.2 Å². The summed E-state index contributed by atoms with van der Waals surface area (Å²) in [5.74, 6) is -0.531. The first-order valence-corrected chi connectivity index (χ1v) is 12.6. The van der Waals surface area contributed by atoms with Crippen LogP contribution < -0.4 is 10.2 Å². The number of pyridine rings is 1. The number of benzene rings is 1. The molecule has 1 saturated heterocycles. The Labute approximate surface area is 217 Å². The fourth-order valence-electron chi connectivity index (χ4n) is 5.06. The standard InChI is InChI=1S/C28H34N6O3/c1-6-20(21-10-8-7-9-11-21)17-24(35)34-25(27(37)33(5)28-30-12-13-32(28)4)22(26(34)36)15-19-14-18(2)31-23(16-19)29-3/h7-14,16,20,22,25H,6,15,17H2,1-5H3,(H,29,31)/t20-,22+,25-/m0/s1. The van der Waals surface area contributed by atoms with E-state index in [2.05, 4.69) is 15.3 Å². The first-order chi connectivity index (χ1) is 17.7. The second-order valence-electron chi connectivity index (χ2n) is 9.56. The molecule has 9 heteroatoms. The first-order valence-electron chi connectivity index (χ1n) is 12.6. The molecule has 194 valence electrons. The molecule has 1 aliphatic heterocycles. The Kier molecular flexibility index (Phi) is 7.71. The van der Waals surface area contributed by atoms with Crippen LogP contribution in [0.4, 0.5) is 11.8 Å². The zero-order valence-electron chi connectivity index (χ0n) is 22.0. The van der Waals surface area contributed by atoms with Crippen molar-refractivity contribution >= 4 is 29.5 Å². The molecule has 3 aromatic rings. The summed E-state index contributed by atoms with van der Waals surface area (Å²) in [4.78, 5) is 52.0. The van der Waals surface area contributed by atoms with Crippen LogP contribution in [0, 0.1) is 12.8 Å². The first kappa shape index (κ1) is 26.1. The number of carbonyl (C=O) groups excluding carboxylic acids is 3. The number of β-lactam (4-membered cyclic amide) rings is 1. The Bertz CT molecular complexity index is 1290. The van der Waals surface area contributed by atoms with E-state index >= 15 is 0 Å². The van der Waals surface area contributed by atoms with Gasteiger partial charge in [-0.05, 0) is 48.9 Å². The molecule has 0 bridgehead atoms. The molecule has 3 atom stereocenters. The third-order valence-electron chi connectivity index (χ3n) is 7.07. The number of rotatable bonds is 9. The number of hydrogen-bond donors (Lipinski definition) is 1. The number of anilines is 2. The molecule has 0 aliphatic carbocycles. The number of carbonyl (C=O) groups is 3. The lowest BCUT2D eigenvalue weighted by molar-refractivity contribution is -0.170. The second kappa shape index (κ2) is 10.9. The number of imide groups is 1. The largest absolute Gasteiger partial charge is 0.373 e. The lowest BCUT2D eigenvalue weighted by atomic mass is 9.80. The minimum Gasteiger partial charge on any atom is -0.373 e. The van der Waals surface area contributed by atoms with Crippen LogP contribution in [0.25, 0.3) is 0 Å². The lowest BCUT2D eigenvalue weighted by Gasteiger charge is -2.46. The highest BCUT2D eigenvalue weighted by molar-refractivity contribution is 6.12. The molecule has 4 rings (SSSR count). The van der Waals surface area contributed by atoms with Gasteiger partial charge in [0, 0.05) is 45.7 Å². The number of imidazole rings is 1. The highest BCUT2D eigenvalue weighted by Crippen LogP contribution is 2.35. The summed E-state index contributed by atoms with van der Waals surface area (Å²) in [6.07, 6.45) is 4.59. The summed E-state index contributed by atoms with van der Waals surface area (Å²) < 4.78 is 1.73. The number of nitrogens with zero attached hydrogens (tertiary/aromatic N) is 5. The molecule has 37 heavy (non-hydrogen) atoms. The summed E-state index contributed by atoms with van der Waals surface area (Å²) in [5.41, 5.74) is 2.74. The minimum absolute atomic E-state index is 0.0374. The normalized spacial score (nSPS) is 17.8. The van der Waals surface area contributed by atoms with Crippen LogP contribution in [-0.4, -0.2) is 57.3 Å². The summed E-state index contributed by atoms with van der Waals surface area (Å²) in [7, 11) is 5.20. The van der Waals surface area contributed by atoms with Crippen molar-refractivity contribution in [1.29, 1.82) is 0 Å². The van der Waals surface area contributed by atoms with E-state index in [-0.39, 0.29) is 30.1 Å². The van der Waals surface area contributed by atoms with Gasteiger partial charge in [0.2, 0.25) is 17.8 Å². The molecule has 0 spiro atoms. The van der Waals surface area contributed by atoms with Crippen molar-refractivity contribution in [2.75, 3.05) is 24.3 Å². The average molecular weight is 503 g/mol. The SMILES string of the molecule is CC[C@@H](CC(=O)N1C(=O)[C@H](Cc2cc(C)nc(NC)c2)[C@H]1C(=O)N(C)c1nccn1C)c1ccccc1. The second-order valence-corrected chi connectivity index (χ2v) is 9.56. The Morgan fingerprint density at radius 3 is 2.54 bits per heavy atom. The van der Waals surface area contributed by atoms with Gasteiger partial charge in [0.25, 0.3) is 5.91 Å². The Morgan fingerprint density at radius 2 is 1.92 bits per heavy atom. The fourth-order valence-corrected chi connectivity index (χ4v) is 5.06. The van der Waals surface area contributed by atoms with Crippen molar-refractivity contribution in [3.8, 4) is 0 Å². The van der Waals surface area contributed by atoms with Crippen molar-refractivity contribution in [3.05, 3.63) is 71.7 Å². The molecule has 3 heterocycles. The zero-order chi connectivity index (χ0) is 26.7. The van der Waals surface area contributed by atoms with E-state index in [0.29, 0.717) is 18.2 Å². The van der Waals surface area contributed by atoms with Gasteiger partial charge in [0.15, 0.2) is 0 Å². The van der Waals surface area contributed by atoms with Crippen molar-refractivity contribution in [2.45, 2.75) is 45.1 Å². The topological polar surface area (TPSA) is 100 Å². The summed E-state index contributed by atoms with van der Waals surface area (Å²) in [6, 6.07) is 12.7. The van der Waals surface area contributed by atoms with Gasteiger partial charge in [0.05, 0.1) is 5.92 Å². The molecular weight excluding hydrogens is 468 g/mol. The van der Waals surface area contributed by atoms with Gasteiger partial charge >= 0.3 is 0 Å². The van der Waals surface area contributed by atoms with Crippen LogP contribution in [-0.2, 0) is 27.9 Å². The minimum atomic E-state index is -0.901. The predicted octanol–water partition coefficient (Wildman–Crippen LogP) is 3.31. The third kappa shape index (κ3) is 5.26. The van der Waals surface area contributed by atoms with Crippen LogP contribution in [0.15, 0.2) is 54.9 Å². The van der Waals surface area contributed by atoms with Crippen molar-refractivity contribution in [3.63, 3.8) is 0 Å². The third-order valence-corrected chi connectivity index (χ3v) is 7.07. The highest BCUT2D eigenvalue weighted by atomic mass is 16.2. The summed E-state index contributed by atoms with van der Waals surface area (Å²) in [5, 5.41) is 3.03. The highest BCUT2D eigenvalue weighted by Gasteiger charge is 2.55. The molecule has 1 aromatic carbocycles. The van der Waals surface area contributed by atoms with Gasteiger partial charge in [-0.25, -0.2) is 9.97 Å². The molecule has 0 radical (unpaired) electrons. The lowest BCUT2D eigenvalue weighted by Crippen LogP contribution is -2.69. The van der Waals surface area contributed by atoms with Crippen LogP contribution in [0.3, 0.4) is 0 Å². The number of nitrogens with one attached hydrogen (secondary N) is 1. The van der Waals surface area contributed by atoms with Gasteiger partial charge in [0.1, 0.15) is 11.9 Å². The molecule has 1 fully saturated rings. The molecule has 2 aromatic heterocycles. The van der Waals surface area contributed by atoms with E-state index in [9.17, 15) is 14.4 Å². The number of likely N-dealkylation sites (tertiary alicyclic amines) is 1. The van der Waals surface area contributed by atoms with E-state index in [4.69, 9.17) is 0 Å². The molecule has 0 saturated carbocycles. The number of aryl methyl sites for hydroxylation is 2. The quantitative estimate of drug-likeness (QED) is 0.451. The molecule has 1 N–H and O–H groups in total. The van der Waals surface area contributed by atoms with Crippen LogP contribution in [0.2, 0.25) is 0 Å². The Morgan fingerprint density at radius 1 is 1.19 bits per heavy atom. The van der Waals surface area contributed by atoms with Crippen molar-refractivity contribution in [2.24, 2.45) is 13.0 Å². The van der Waals surface area contributed by atoms with Gasteiger partial charge in [-0.2, -0.15) is 0 Å². The van der Waals surface area contributed by atoms with Crippen molar-refractivity contribution < 1.29 is 14.4 Å². The Hall–Kier alpha value is -4.01. The molecule has 0 unspecified atom stereocenters. The summed E-state index contributed by atoms with van der Waals surface area (Å²) >= 11 is 0. The van der Waals surface area contributed by atoms with Crippen LogP contribution >= 0.6 is 0 Å². The zero-order valence-corrected chi connectivity index (χ0v) is 22.0. The molecule has 3 amide bonds. The summed E-state index contributed by atoms with van der Waals surface area (Å²) in [6.45, 7) is 3.91. The maximum absolute atomic E-state index is 13.8. The van der Waals surface area contributed by atoms with E-state index in [1.54, 1.807) is 38.1 Å². The maximum Gasteiger partial charge on any atom is 0.253 e. The maximum atomic E-state index is 13.8. The number of likely N-dealkylation sites (N-methyl/N-ethyl adjacent to an activating group) is 1. The van der Waals surface area contributed by atoms with Crippen LogP contribution in [0.1, 0.15) is 42.5 Å². The van der Waals surface area contributed by atoms with Gasteiger partial charge < -0.3 is 9.88 Å². The van der Waals surface area contributed by atoms with E-state index in [1.165, 1.54) is 9.80 Å². The van der Waals surface area contributed by atoms with Gasteiger partial charge in [-0.15, -0.1) is 0 Å². The van der Waals surface area contributed by atoms with E-state index < -0.39 is 12.0 Å². The van der Waals surface area contributed by atoms with E-state index in [0.717, 1.165) is 23.2 Å². The van der Waals surface area contributed by atoms with Crippen molar-refractivity contribution in [1.82, 2.24) is 19.4 Å². The number of aromatic nitrogens is 3. The monoisotopic (exact) mass is 502 g/mol. The number of hydrogen-bond acceptors (Lipinski definition) is 6. The smallest absolute Gasteiger partial charge is 0.253 e. The predicted molar refractivity (Wildman–Crippen MR) is 142 cm³/mol. The average Bonchev–Trinajstić information content (AvgIpc) is 3.33. The van der Waals surface area contributed by atoms with Crippen LogP contribution in [0.5, 0.6) is 0 Å². The molecule has 9 nitrogen and oxygen atoms in total. The van der Waals surface area contributed by atoms with Gasteiger partial charge in [-0.1, -0.05) is 37.3 Å². The Balaban J connectivity index is 1.62.